The van der Waals surface area contributed by atoms with E-state index >= 15 is 0 Å². The van der Waals surface area contributed by atoms with Crippen molar-refractivity contribution in [2.45, 2.75) is 229 Å². The standard InChI is InChI=1S/C59H99O11P/c1-43(2)21-13-23-45(5)25-15-27-47(7)29-17-31-49(9)33-19-35-51(11)37-39-67-41-53(42-69-71(65,66)70-59-57(63)55(61)54(60)56(62)58(59)64)68-40-38-52(12)36-20-34-50(10)32-18-30-48(8)28-16-26-46(6)24-14-22-44(3)4/h21-22,25-26,29-30,33-34,37-38,53-64H,13-20,23-24,27-28,31-32,35-36,39-42H2,1-12H3,(H,65,66)/b45-25+,46-26+,47-29+,48-30+,49-33+,50-34+,51-37+,52-38+/t53?,54?,55-,56+,57-,58-,59?/m1/s1. The van der Waals surface area contributed by atoms with Crippen LogP contribution >= 0.6 is 7.82 Å². The van der Waals surface area contributed by atoms with Gasteiger partial charge in [-0.1, -0.05) is 116 Å². The van der Waals surface area contributed by atoms with Crippen LogP contribution in [0.25, 0.3) is 0 Å². The van der Waals surface area contributed by atoms with Crippen molar-refractivity contribution in [3.8, 4) is 0 Å². The summed E-state index contributed by atoms with van der Waals surface area (Å²) in [5, 5.41) is 50.7. The topological polar surface area (TPSA) is 175 Å². The zero-order valence-corrected chi connectivity index (χ0v) is 47.0. The van der Waals surface area contributed by atoms with Crippen molar-refractivity contribution < 1.29 is 53.5 Å². The van der Waals surface area contributed by atoms with E-state index < -0.39 is 57.2 Å². The number of aliphatic hydroxyl groups is 5. The molecule has 0 heterocycles. The zero-order valence-electron chi connectivity index (χ0n) is 46.1. The van der Waals surface area contributed by atoms with Gasteiger partial charge in [0.1, 0.15) is 42.7 Å². The van der Waals surface area contributed by atoms with Gasteiger partial charge in [-0.2, -0.15) is 0 Å². The molecule has 1 rings (SSSR count). The van der Waals surface area contributed by atoms with Gasteiger partial charge in [-0.05, 0) is 186 Å². The molecule has 11 nitrogen and oxygen atoms in total. The number of allylic oxidation sites excluding steroid dienone is 18. The number of ether oxygens (including phenoxy) is 2. The minimum atomic E-state index is -4.98. The molecule has 1 aliphatic rings. The first-order valence-corrected chi connectivity index (χ1v) is 27.8. The van der Waals surface area contributed by atoms with E-state index in [1.165, 1.54) is 50.2 Å². The first-order chi connectivity index (χ1) is 33.5. The van der Waals surface area contributed by atoms with Crippen molar-refractivity contribution in [3.63, 3.8) is 0 Å². The maximum absolute atomic E-state index is 13.0. The molecule has 6 N–H and O–H groups in total. The zero-order chi connectivity index (χ0) is 53.4. The van der Waals surface area contributed by atoms with E-state index in [2.05, 4.69) is 125 Å². The second-order valence-electron chi connectivity index (χ2n) is 20.6. The molecule has 1 aliphatic carbocycles. The molecule has 1 saturated carbocycles. The van der Waals surface area contributed by atoms with Gasteiger partial charge >= 0.3 is 7.82 Å². The van der Waals surface area contributed by atoms with Crippen LogP contribution in [0.4, 0.5) is 0 Å². The van der Waals surface area contributed by atoms with Crippen LogP contribution in [0, 0.1) is 0 Å². The van der Waals surface area contributed by atoms with Crippen molar-refractivity contribution in [3.05, 3.63) is 116 Å². The van der Waals surface area contributed by atoms with Crippen molar-refractivity contribution >= 4 is 7.82 Å². The van der Waals surface area contributed by atoms with Gasteiger partial charge in [0.25, 0.3) is 0 Å². The van der Waals surface area contributed by atoms with Crippen molar-refractivity contribution in [2.75, 3.05) is 26.4 Å². The molecule has 0 spiro atoms. The lowest BCUT2D eigenvalue weighted by Crippen LogP contribution is -2.64. The summed E-state index contributed by atoms with van der Waals surface area (Å²) in [4.78, 5) is 10.6. The van der Waals surface area contributed by atoms with E-state index in [4.69, 9.17) is 18.5 Å². The van der Waals surface area contributed by atoms with Crippen LogP contribution in [0.15, 0.2) is 116 Å². The van der Waals surface area contributed by atoms with Gasteiger partial charge in [-0.15, -0.1) is 0 Å². The number of rotatable bonds is 36. The normalized spacial score (nSPS) is 22.7. The van der Waals surface area contributed by atoms with Gasteiger partial charge in [-0.3, -0.25) is 9.05 Å². The van der Waals surface area contributed by atoms with Gasteiger partial charge in [-0.25, -0.2) is 4.57 Å². The molecule has 8 atom stereocenters. The third-order valence-electron chi connectivity index (χ3n) is 12.7. The summed E-state index contributed by atoms with van der Waals surface area (Å²) in [5.74, 6) is 0. The summed E-state index contributed by atoms with van der Waals surface area (Å²) in [5.41, 5.74) is 13.6. The Hall–Kier alpha value is -2.77. The van der Waals surface area contributed by atoms with Gasteiger partial charge in [0.15, 0.2) is 0 Å². The molecular formula is C59H99O11P. The Labute approximate surface area is 431 Å². The highest BCUT2D eigenvalue weighted by Gasteiger charge is 2.51. The predicted octanol–water partition coefficient (Wildman–Crippen LogP) is 13.5. The molecule has 0 aromatic heterocycles. The Morgan fingerprint density at radius 1 is 0.408 bits per heavy atom. The quantitative estimate of drug-likeness (QED) is 0.0200. The first-order valence-electron chi connectivity index (χ1n) is 26.3. The van der Waals surface area contributed by atoms with E-state index in [1.807, 2.05) is 19.1 Å². The summed E-state index contributed by atoms with van der Waals surface area (Å²) in [6.07, 6.45) is 26.7. The smallest absolute Gasteiger partial charge is 0.387 e. The first kappa shape index (κ1) is 66.2. The molecule has 0 amide bonds. The lowest BCUT2D eigenvalue weighted by molar-refractivity contribution is -0.220. The molecule has 0 aromatic rings. The fraction of sp³-hybridized carbons (Fsp3) is 0.661. The molecule has 0 aromatic carbocycles. The lowest BCUT2D eigenvalue weighted by atomic mass is 9.85. The van der Waals surface area contributed by atoms with Gasteiger partial charge in [0.05, 0.1) is 26.4 Å². The molecule has 71 heavy (non-hydrogen) atoms. The molecule has 12 heteroatoms. The Kier molecular flexibility index (Phi) is 35.3. The van der Waals surface area contributed by atoms with Crippen molar-refractivity contribution in [1.82, 2.24) is 0 Å². The highest BCUT2D eigenvalue weighted by Crippen LogP contribution is 2.47. The largest absolute Gasteiger partial charge is 0.472 e. The second-order valence-corrected chi connectivity index (χ2v) is 22.0. The Morgan fingerprint density at radius 2 is 0.690 bits per heavy atom. The number of hydrogen-bond acceptors (Lipinski definition) is 10. The average molecular weight is 1020 g/mol. The lowest BCUT2D eigenvalue weighted by Gasteiger charge is -2.41. The fourth-order valence-corrected chi connectivity index (χ4v) is 8.80. The van der Waals surface area contributed by atoms with E-state index in [9.17, 15) is 35.0 Å². The fourth-order valence-electron chi connectivity index (χ4n) is 7.83. The molecule has 4 unspecified atom stereocenters. The van der Waals surface area contributed by atoms with Crippen LogP contribution in [0.1, 0.15) is 186 Å². The molecule has 1 fully saturated rings. The van der Waals surface area contributed by atoms with Crippen LogP contribution in [-0.2, 0) is 23.1 Å². The molecule has 406 valence electrons. The maximum atomic E-state index is 13.0. The third-order valence-corrected chi connectivity index (χ3v) is 13.7. The molecule has 0 saturated heterocycles. The molecule has 0 radical (unpaired) electrons. The summed E-state index contributed by atoms with van der Waals surface area (Å²) in [6, 6.07) is 0. The monoisotopic (exact) mass is 1010 g/mol. The number of aliphatic hydroxyl groups excluding tert-OH is 5. The number of phosphoric acid groups is 1. The molecule has 0 aliphatic heterocycles. The van der Waals surface area contributed by atoms with Crippen LogP contribution in [0.3, 0.4) is 0 Å². The Morgan fingerprint density at radius 3 is 1.01 bits per heavy atom. The van der Waals surface area contributed by atoms with E-state index in [0.717, 1.165) is 108 Å². The maximum Gasteiger partial charge on any atom is 0.472 e. The van der Waals surface area contributed by atoms with Gasteiger partial charge < -0.3 is 39.9 Å². The predicted molar refractivity (Wildman–Crippen MR) is 294 cm³/mol. The average Bonchev–Trinajstić information content (AvgIpc) is 3.29. The van der Waals surface area contributed by atoms with Crippen LogP contribution in [0.2, 0.25) is 0 Å². The highest BCUT2D eigenvalue weighted by molar-refractivity contribution is 7.47. The third kappa shape index (κ3) is 32.9. The Balaban J connectivity index is 2.74. The minimum Gasteiger partial charge on any atom is -0.387 e. The SMILES string of the molecule is CC(C)=CCC/C(C)=C/CC/C(C)=C/CC/C(C)=C/CC/C(C)=C/COCC(COP(=O)(O)OC1[C@H](O)[C@H](O)C(O)[C@H](O)[C@H]1O)OC/C=C(\C)CC/C=C(\C)CC/C=C(\C)CC/C=C(\C)CCC=C(C)C. The second kappa shape index (κ2) is 37.9. The van der Waals surface area contributed by atoms with Crippen molar-refractivity contribution in [1.29, 1.82) is 0 Å². The molecular weight excluding hydrogens is 916 g/mol. The Bertz CT molecular complexity index is 1870. The van der Waals surface area contributed by atoms with Gasteiger partial charge in [0.2, 0.25) is 0 Å². The van der Waals surface area contributed by atoms with E-state index in [-0.39, 0.29) is 13.2 Å². The van der Waals surface area contributed by atoms with Crippen molar-refractivity contribution in [2.24, 2.45) is 0 Å². The number of hydrogen-bond donors (Lipinski definition) is 6. The summed E-state index contributed by atoms with van der Waals surface area (Å²) < 4.78 is 35.3. The molecule has 0 bridgehead atoms. The van der Waals surface area contributed by atoms with E-state index in [1.54, 1.807) is 0 Å². The van der Waals surface area contributed by atoms with Crippen LogP contribution < -0.4 is 0 Å². The van der Waals surface area contributed by atoms with Crippen LogP contribution in [-0.4, -0.2) is 99.6 Å². The van der Waals surface area contributed by atoms with Gasteiger partial charge in [0, 0.05) is 0 Å². The number of phosphoric ester groups is 1. The highest BCUT2D eigenvalue weighted by atomic mass is 31.2. The summed E-state index contributed by atoms with van der Waals surface area (Å²) >= 11 is 0. The van der Waals surface area contributed by atoms with Crippen LogP contribution in [0.5, 0.6) is 0 Å². The summed E-state index contributed by atoms with van der Waals surface area (Å²) in [7, 11) is -4.98. The minimum absolute atomic E-state index is 0.0237. The van der Waals surface area contributed by atoms with E-state index in [0.29, 0.717) is 6.61 Å². The summed E-state index contributed by atoms with van der Waals surface area (Å²) in [6.45, 7) is 26.0.